The number of alkyl halides is 2. The lowest BCUT2D eigenvalue weighted by atomic mass is 10.2. The van der Waals surface area contributed by atoms with Crippen LogP contribution in [0, 0.1) is 0 Å². The first kappa shape index (κ1) is 8.46. The van der Waals surface area contributed by atoms with Crippen LogP contribution < -0.4 is 5.73 Å². The molecule has 0 fully saturated rings. The van der Waals surface area contributed by atoms with Gasteiger partial charge in [-0.3, -0.25) is 0 Å². The van der Waals surface area contributed by atoms with Gasteiger partial charge in [0.05, 0.1) is 0 Å². The van der Waals surface area contributed by atoms with E-state index in [1.807, 2.05) is 0 Å². The molecule has 0 radical (unpaired) electrons. The van der Waals surface area contributed by atoms with E-state index in [9.17, 15) is 8.78 Å². The maximum Gasteiger partial charge on any atom is 0.263 e. The van der Waals surface area contributed by atoms with E-state index in [0.29, 0.717) is 10.2 Å². The van der Waals surface area contributed by atoms with Gasteiger partial charge < -0.3 is 5.73 Å². The highest BCUT2D eigenvalue weighted by atomic mass is 79.9. The summed E-state index contributed by atoms with van der Waals surface area (Å²) >= 11 is 3.07. The van der Waals surface area contributed by atoms with E-state index in [2.05, 4.69) is 15.9 Å². The number of nitrogen functional groups attached to an aromatic ring is 1. The van der Waals surface area contributed by atoms with Gasteiger partial charge in [-0.15, -0.1) is 0 Å². The minimum absolute atomic E-state index is 0.0584. The predicted molar refractivity (Wildman–Crippen MR) is 43.5 cm³/mol. The quantitative estimate of drug-likeness (QED) is 0.726. The standard InChI is InChI=1S/C7H6BrF2N/c8-5-1-4(7(9)10)2-6(11)3-5/h1-3,7H,11H2. The van der Waals surface area contributed by atoms with Crippen LogP contribution in [0.3, 0.4) is 0 Å². The molecule has 0 aliphatic heterocycles. The maximum absolute atomic E-state index is 12.1. The molecule has 60 valence electrons. The Hall–Kier alpha value is -0.640. The summed E-state index contributed by atoms with van der Waals surface area (Å²) in [5, 5.41) is 0. The summed E-state index contributed by atoms with van der Waals surface area (Å²) in [4.78, 5) is 0. The largest absolute Gasteiger partial charge is 0.399 e. The topological polar surface area (TPSA) is 26.0 Å². The molecular weight excluding hydrogens is 216 g/mol. The van der Waals surface area contributed by atoms with Gasteiger partial charge >= 0.3 is 0 Å². The van der Waals surface area contributed by atoms with Crippen LogP contribution in [0.4, 0.5) is 14.5 Å². The molecule has 0 heterocycles. The van der Waals surface area contributed by atoms with Crippen molar-refractivity contribution in [3.05, 3.63) is 28.2 Å². The van der Waals surface area contributed by atoms with Crippen LogP contribution in [0.5, 0.6) is 0 Å². The Morgan fingerprint density at radius 1 is 1.27 bits per heavy atom. The number of rotatable bonds is 1. The van der Waals surface area contributed by atoms with Gasteiger partial charge in [0.15, 0.2) is 0 Å². The molecule has 11 heavy (non-hydrogen) atoms. The molecule has 0 unspecified atom stereocenters. The van der Waals surface area contributed by atoms with Crippen LogP contribution in [-0.2, 0) is 0 Å². The van der Waals surface area contributed by atoms with Crippen LogP contribution in [0.2, 0.25) is 0 Å². The summed E-state index contributed by atoms with van der Waals surface area (Å²) in [6.45, 7) is 0. The molecule has 0 atom stereocenters. The van der Waals surface area contributed by atoms with Gasteiger partial charge in [-0.1, -0.05) is 15.9 Å². The molecule has 0 saturated carbocycles. The number of hydrogen-bond acceptors (Lipinski definition) is 1. The van der Waals surface area contributed by atoms with E-state index in [4.69, 9.17) is 5.73 Å². The fraction of sp³-hybridized carbons (Fsp3) is 0.143. The van der Waals surface area contributed by atoms with E-state index >= 15 is 0 Å². The van der Waals surface area contributed by atoms with Crippen LogP contribution in [0.15, 0.2) is 22.7 Å². The molecule has 0 saturated heterocycles. The number of benzene rings is 1. The molecule has 0 amide bonds. The molecule has 4 heteroatoms. The van der Waals surface area contributed by atoms with E-state index in [1.165, 1.54) is 12.1 Å². The minimum Gasteiger partial charge on any atom is -0.399 e. The lowest BCUT2D eigenvalue weighted by molar-refractivity contribution is 0.151. The zero-order chi connectivity index (χ0) is 8.43. The Balaban J connectivity index is 3.08. The molecule has 0 aliphatic carbocycles. The number of halogens is 3. The first-order valence-corrected chi connectivity index (χ1v) is 3.73. The van der Waals surface area contributed by atoms with Crippen LogP contribution >= 0.6 is 15.9 Å². The average molecular weight is 222 g/mol. The van der Waals surface area contributed by atoms with Crippen LogP contribution in [0.1, 0.15) is 12.0 Å². The second-order valence-electron chi connectivity index (χ2n) is 2.12. The van der Waals surface area contributed by atoms with E-state index in [0.717, 1.165) is 0 Å². The first-order chi connectivity index (χ1) is 5.09. The Morgan fingerprint density at radius 2 is 1.91 bits per heavy atom. The van der Waals surface area contributed by atoms with E-state index in [-0.39, 0.29) is 5.56 Å². The number of hydrogen-bond donors (Lipinski definition) is 1. The smallest absolute Gasteiger partial charge is 0.263 e. The van der Waals surface area contributed by atoms with Crippen molar-refractivity contribution in [1.82, 2.24) is 0 Å². The molecule has 0 bridgehead atoms. The Kier molecular flexibility index (Phi) is 2.44. The van der Waals surface area contributed by atoms with Crippen LogP contribution in [-0.4, -0.2) is 0 Å². The Labute approximate surface area is 71.3 Å². The van der Waals surface area contributed by atoms with Crippen molar-refractivity contribution in [1.29, 1.82) is 0 Å². The average Bonchev–Trinajstić information content (AvgIpc) is 1.85. The molecule has 0 aliphatic rings. The van der Waals surface area contributed by atoms with Crippen molar-refractivity contribution >= 4 is 21.6 Å². The highest BCUT2D eigenvalue weighted by Gasteiger charge is 2.07. The second kappa shape index (κ2) is 3.17. The van der Waals surface area contributed by atoms with Gasteiger partial charge in [0.1, 0.15) is 0 Å². The fourth-order valence-electron chi connectivity index (χ4n) is 0.762. The lowest BCUT2D eigenvalue weighted by Gasteiger charge is -2.01. The summed E-state index contributed by atoms with van der Waals surface area (Å²) in [6, 6.07) is 4.18. The predicted octanol–water partition coefficient (Wildman–Crippen LogP) is 2.97. The SMILES string of the molecule is Nc1cc(Br)cc(C(F)F)c1. The highest BCUT2D eigenvalue weighted by Crippen LogP contribution is 2.24. The van der Waals surface area contributed by atoms with Gasteiger partial charge in [-0.05, 0) is 18.2 Å². The molecule has 1 rings (SSSR count). The molecule has 0 aromatic heterocycles. The van der Waals surface area contributed by atoms with Gasteiger partial charge in [0.25, 0.3) is 6.43 Å². The third-order valence-corrected chi connectivity index (χ3v) is 1.65. The molecule has 2 N–H and O–H groups in total. The summed E-state index contributed by atoms with van der Waals surface area (Å²) in [5.41, 5.74) is 5.62. The zero-order valence-electron chi connectivity index (χ0n) is 5.52. The zero-order valence-corrected chi connectivity index (χ0v) is 7.11. The molecule has 1 nitrogen and oxygen atoms in total. The van der Waals surface area contributed by atoms with Gasteiger partial charge in [-0.2, -0.15) is 0 Å². The van der Waals surface area contributed by atoms with Crippen molar-refractivity contribution in [2.24, 2.45) is 0 Å². The first-order valence-electron chi connectivity index (χ1n) is 2.93. The molecule has 1 aromatic rings. The number of anilines is 1. The summed E-state index contributed by atoms with van der Waals surface area (Å²) in [7, 11) is 0. The Bertz CT molecular complexity index is 242. The van der Waals surface area contributed by atoms with Crippen molar-refractivity contribution in [3.63, 3.8) is 0 Å². The van der Waals surface area contributed by atoms with Gasteiger partial charge in [-0.25, -0.2) is 8.78 Å². The summed E-state index contributed by atoms with van der Waals surface area (Å²) < 4.78 is 24.7. The summed E-state index contributed by atoms with van der Waals surface area (Å²) in [5.74, 6) is 0. The molecular formula is C7H6BrF2N. The maximum atomic E-state index is 12.1. The Morgan fingerprint density at radius 3 is 2.36 bits per heavy atom. The minimum atomic E-state index is -2.46. The number of nitrogens with two attached hydrogens (primary N) is 1. The highest BCUT2D eigenvalue weighted by molar-refractivity contribution is 9.10. The second-order valence-corrected chi connectivity index (χ2v) is 3.03. The van der Waals surface area contributed by atoms with Crippen molar-refractivity contribution < 1.29 is 8.78 Å². The normalized spacial score (nSPS) is 10.5. The van der Waals surface area contributed by atoms with Crippen molar-refractivity contribution in [3.8, 4) is 0 Å². The van der Waals surface area contributed by atoms with Crippen molar-refractivity contribution in [2.75, 3.05) is 5.73 Å². The third kappa shape index (κ3) is 2.15. The molecule has 1 aromatic carbocycles. The van der Waals surface area contributed by atoms with E-state index in [1.54, 1.807) is 6.07 Å². The van der Waals surface area contributed by atoms with Crippen LogP contribution in [0.25, 0.3) is 0 Å². The van der Waals surface area contributed by atoms with E-state index < -0.39 is 6.43 Å². The van der Waals surface area contributed by atoms with Gasteiger partial charge in [0.2, 0.25) is 0 Å². The van der Waals surface area contributed by atoms with Gasteiger partial charge in [0, 0.05) is 15.7 Å². The summed E-state index contributed by atoms with van der Waals surface area (Å²) in [6.07, 6.45) is -2.46. The third-order valence-electron chi connectivity index (χ3n) is 1.19. The monoisotopic (exact) mass is 221 g/mol. The molecule has 0 spiro atoms. The lowest BCUT2D eigenvalue weighted by Crippen LogP contribution is -1.89. The fourth-order valence-corrected chi connectivity index (χ4v) is 1.29. The van der Waals surface area contributed by atoms with Crippen molar-refractivity contribution in [2.45, 2.75) is 6.43 Å².